The average molecular weight is 311 g/mol. The zero-order chi connectivity index (χ0) is 12.7. The number of hydrogen-bond donors (Lipinski definition) is 0. The van der Waals surface area contributed by atoms with Crippen molar-refractivity contribution in [2.24, 2.45) is 5.41 Å². The van der Waals surface area contributed by atoms with Crippen molar-refractivity contribution in [3.05, 3.63) is 30.3 Å². The number of ether oxygens (including phenoxy) is 1. The lowest BCUT2D eigenvalue weighted by atomic mass is 9.73. The van der Waals surface area contributed by atoms with Gasteiger partial charge in [-0.05, 0) is 43.2 Å². The minimum Gasteiger partial charge on any atom is -0.494 e. The molecule has 0 radical (unpaired) electrons. The molecule has 0 aromatic heterocycles. The fraction of sp³-hybridized carbons (Fsp3) is 0.625. The zero-order valence-electron chi connectivity index (χ0n) is 11.0. The normalized spacial score (nSPS) is 18.5. The molecule has 0 saturated heterocycles. The molecule has 1 nitrogen and oxygen atoms in total. The van der Waals surface area contributed by atoms with Crippen LogP contribution in [0.25, 0.3) is 0 Å². The molecule has 0 bridgehead atoms. The van der Waals surface area contributed by atoms with Crippen LogP contribution in [0, 0.1) is 5.41 Å². The predicted molar refractivity (Wildman–Crippen MR) is 80.5 cm³/mol. The molecule has 1 fully saturated rings. The molecule has 0 unspecified atom stereocenters. The predicted octanol–water partition coefficient (Wildman–Crippen LogP) is 5.19. The maximum Gasteiger partial charge on any atom is 0.119 e. The van der Waals surface area contributed by atoms with Crippen molar-refractivity contribution in [2.75, 3.05) is 11.9 Å². The molecule has 0 N–H and O–H groups in total. The molecule has 0 atom stereocenters. The fourth-order valence-electron chi connectivity index (χ4n) is 2.91. The Morgan fingerprint density at radius 1 is 1.06 bits per heavy atom. The van der Waals surface area contributed by atoms with Gasteiger partial charge in [0.1, 0.15) is 5.75 Å². The molecular formula is C16H23BrO. The first-order chi connectivity index (χ1) is 8.85. The van der Waals surface area contributed by atoms with E-state index in [0.717, 1.165) is 17.7 Å². The van der Waals surface area contributed by atoms with Gasteiger partial charge in [-0.1, -0.05) is 53.4 Å². The molecule has 100 valence electrons. The fourth-order valence-corrected chi connectivity index (χ4v) is 3.75. The van der Waals surface area contributed by atoms with Crippen LogP contribution in [-0.4, -0.2) is 11.9 Å². The van der Waals surface area contributed by atoms with Gasteiger partial charge in [0.25, 0.3) is 0 Å². The third kappa shape index (κ3) is 4.01. The Hall–Kier alpha value is -0.500. The van der Waals surface area contributed by atoms with Gasteiger partial charge in [-0.25, -0.2) is 0 Å². The highest BCUT2D eigenvalue weighted by Crippen LogP contribution is 2.41. The van der Waals surface area contributed by atoms with E-state index in [1.807, 2.05) is 30.3 Å². The number of hydrogen-bond acceptors (Lipinski definition) is 1. The van der Waals surface area contributed by atoms with Crippen LogP contribution in [-0.2, 0) is 0 Å². The molecule has 0 spiro atoms. The molecule has 0 heterocycles. The van der Waals surface area contributed by atoms with Gasteiger partial charge in [0.05, 0.1) is 6.61 Å². The van der Waals surface area contributed by atoms with Crippen LogP contribution < -0.4 is 4.74 Å². The maximum atomic E-state index is 5.77. The van der Waals surface area contributed by atoms with E-state index in [1.165, 1.54) is 44.9 Å². The summed E-state index contributed by atoms with van der Waals surface area (Å²) in [5, 5.41) is 1.16. The highest BCUT2D eigenvalue weighted by molar-refractivity contribution is 9.09. The molecule has 0 aliphatic heterocycles. The molecule has 1 aromatic rings. The molecule has 0 amide bonds. The average Bonchev–Trinajstić information content (AvgIpc) is 2.46. The number of para-hydroxylation sites is 1. The van der Waals surface area contributed by atoms with E-state index in [4.69, 9.17) is 4.74 Å². The van der Waals surface area contributed by atoms with Crippen LogP contribution in [0.1, 0.15) is 44.9 Å². The lowest BCUT2D eigenvalue weighted by Gasteiger charge is -2.35. The van der Waals surface area contributed by atoms with Crippen molar-refractivity contribution in [1.82, 2.24) is 0 Å². The summed E-state index contributed by atoms with van der Waals surface area (Å²) in [6.45, 7) is 0.846. The minimum absolute atomic E-state index is 0.554. The summed E-state index contributed by atoms with van der Waals surface area (Å²) in [6.07, 6.45) is 9.49. The SMILES string of the molecule is BrCC1(CCCOc2ccccc2)CCCCC1. The standard InChI is InChI=1S/C16H23BrO/c17-14-16(10-5-2-6-11-16)12-7-13-18-15-8-3-1-4-9-15/h1,3-4,8-9H,2,5-7,10-14H2. The van der Waals surface area contributed by atoms with Gasteiger partial charge in [-0.2, -0.15) is 0 Å². The molecular weight excluding hydrogens is 288 g/mol. The van der Waals surface area contributed by atoms with Gasteiger partial charge in [-0.15, -0.1) is 0 Å². The molecule has 1 aliphatic rings. The van der Waals surface area contributed by atoms with Crippen LogP contribution in [0.2, 0.25) is 0 Å². The first-order valence-corrected chi connectivity index (χ1v) is 8.21. The van der Waals surface area contributed by atoms with E-state index in [2.05, 4.69) is 15.9 Å². The monoisotopic (exact) mass is 310 g/mol. The van der Waals surface area contributed by atoms with E-state index < -0.39 is 0 Å². The van der Waals surface area contributed by atoms with Crippen LogP contribution in [0.5, 0.6) is 5.75 Å². The van der Waals surface area contributed by atoms with E-state index >= 15 is 0 Å². The Morgan fingerprint density at radius 2 is 1.78 bits per heavy atom. The molecule has 1 saturated carbocycles. The van der Waals surface area contributed by atoms with Gasteiger partial charge in [0.2, 0.25) is 0 Å². The first kappa shape index (κ1) is 13.9. The van der Waals surface area contributed by atoms with Crippen molar-refractivity contribution in [1.29, 1.82) is 0 Å². The van der Waals surface area contributed by atoms with E-state index in [0.29, 0.717) is 5.41 Å². The number of rotatable bonds is 6. The van der Waals surface area contributed by atoms with E-state index in [9.17, 15) is 0 Å². The quantitative estimate of drug-likeness (QED) is 0.519. The highest BCUT2D eigenvalue weighted by atomic mass is 79.9. The topological polar surface area (TPSA) is 9.23 Å². The molecule has 1 aliphatic carbocycles. The van der Waals surface area contributed by atoms with Gasteiger partial charge >= 0.3 is 0 Å². The molecule has 1 aromatic carbocycles. The molecule has 2 rings (SSSR count). The number of alkyl halides is 1. The third-order valence-corrected chi connectivity index (χ3v) is 5.25. The van der Waals surface area contributed by atoms with Crippen molar-refractivity contribution < 1.29 is 4.74 Å². The number of halogens is 1. The second-order valence-corrected chi connectivity index (χ2v) is 6.02. The summed E-state index contributed by atoms with van der Waals surface area (Å²) >= 11 is 3.72. The second kappa shape index (κ2) is 7.18. The molecule has 18 heavy (non-hydrogen) atoms. The van der Waals surface area contributed by atoms with Gasteiger partial charge in [0.15, 0.2) is 0 Å². The highest BCUT2D eigenvalue weighted by Gasteiger charge is 2.30. The Balaban J connectivity index is 1.71. The van der Waals surface area contributed by atoms with Crippen LogP contribution >= 0.6 is 15.9 Å². The Labute approximate surface area is 119 Å². The summed E-state index contributed by atoms with van der Waals surface area (Å²) in [7, 11) is 0. The zero-order valence-corrected chi connectivity index (χ0v) is 12.6. The lowest BCUT2D eigenvalue weighted by Crippen LogP contribution is -2.26. The summed E-state index contributed by atoms with van der Waals surface area (Å²) in [5.41, 5.74) is 0.554. The van der Waals surface area contributed by atoms with Crippen molar-refractivity contribution in [3.8, 4) is 5.75 Å². The Morgan fingerprint density at radius 3 is 2.44 bits per heavy atom. The van der Waals surface area contributed by atoms with Gasteiger partial charge < -0.3 is 4.74 Å². The smallest absolute Gasteiger partial charge is 0.119 e. The first-order valence-electron chi connectivity index (χ1n) is 7.08. The van der Waals surface area contributed by atoms with E-state index in [-0.39, 0.29) is 0 Å². The Kier molecular flexibility index (Phi) is 5.55. The maximum absolute atomic E-state index is 5.77. The third-order valence-electron chi connectivity index (χ3n) is 4.06. The summed E-state index contributed by atoms with van der Waals surface area (Å²) in [5.74, 6) is 0.994. The number of benzene rings is 1. The van der Waals surface area contributed by atoms with E-state index in [1.54, 1.807) is 0 Å². The summed E-state index contributed by atoms with van der Waals surface area (Å²) in [4.78, 5) is 0. The lowest BCUT2D eigenvalue weighted by molar-refractivity contribution is 0.184. The van der Waals surface area contributed by atoms with Gasteiger partial charge in [-0.3, -0.25) is 0 Å². The molecule has 2 heteroatoms. The Bertz CT molecular complexity index is 330. The van der Waals surface area contributed by atoms with Crippen LogP contribution in [0.4, 0.5) is 0 Å². The van der Waals surface area contributed by atoms with Crippen LogP contribution in [0.3, 0.4) is 0 Å². The minimum atomic E-state index is 0.554. The van der Waals surface area contributed by atoms with Crippen molar-refractivity contribution in [3.63, 3.8) is 0 Å². The van der Waals surface area contributed by atoms with Gasteiger partial charge in [0, 0.05) is 5.33 Å². The second-order valence-electron chi connectivity index (χ2n) is 5.46. The summed E-state index contributed by atoms with van der Waals surface area (Å²) < 4.78 is 5.77. The van der Waals surface area contributed by atoms with Crippen LogP contribution in [0.15, 0.2) is 30.3 Å². The van der Waals surface area contributed by atoms with Crippen molar-refractivity contribution in [2.45, 2.75) is 44.9 Å². The largest absolute Gasteiger partial charge is 0.494 e. The van der Waals surface area contributed by atoms with Crippen molar-refractivity contribution >= 4 is 15.9 Å². The summed E-state index contributed by atoms with van der Waals surface area (Å²) in [6, 6.07) is 10.1.